The predicted molar refractivity (Wildman–Crippen MR) is 106 cm³/mol. The summed E-state index contributed by atoms with van der Waals surface area (Å²) in [6, 6.07) is 24.4. The van der Waals surface area contributed by atoms with Crippen LogP contribution in [-0.2, 0) is 4.79 Å². The number of hydrogen-bond acceptors (Lipinski definition) is 3. The minimum absolute atomic E-state index is 0.229. The lowest BCUT2D eigenvalue weighted by Crippen LogP contribution is -2.19. The number of aromatic nitrogens is 1. The number of esters is 1. The average Bonchev–Trinajstić information content (AvgIpc) is 2.69. The highest BCUT2D eigenvalue weighted by atomic mass is 16.5. The van der Waals surface area contributed by atoms with E-state index in [1.807, 2.05) is 78.9 Å². The van der Waals surface area contributed by atoms with Gasteiger partial charge >= 0.3 is 5.97 Å². The largest absolute Gasteiger partial charge is 0.425 e. The molecule has 0 saturated heterocycles. The molecule has 0 amide bonds. The maximum absolute atomic E-state index is 13.3. The fourth-order valence-corrected chi connectivity index (χ4v) is 3.27. The van der Waals surface area contributed by atoms with Gasteiger partial charge in [0, 0.05) is 18.7 Å². The minimum Gasteiger partial charge on any atom is -0.425 e. The van der Waals surface area contributed by atoms with E-state index in [-0.39, 0.29) is 11.3 Å². The fraction of sp³-hybridized carbons (Fsp3) is 0.0435. The van der Waals surface area contributed by atoms with Crippen molar-refractivity contribution in [3.63, 3.8) is 0 Å². The van der Waals surface area contributed by atoms with Crippen LogP contribution in [-0.4, -0.2) is 10.4 Å². The third kappa shape index (κ3) is 3.02. The van der Waals surface area contributed by atoms with Crippen molar-refractivity contribution in [2.24, 2.45) is 0 Å². The molecule has 0 N–H and O–H groups in total. The molecule has 0 aliphatic rings. The Bertz CT molecular complexity index is 1180. The molecular formula is C23H17NO3. The first-order valence-corrected chi connectivity index (χ1v) is 8.63. The monoisotopic (exact) mass is 355 g/mol. The van der Waals surface area contributed by atoms with Crippen LogP contribution in [0.15, 0.2) is 89.9 Å². The van der Waals surface area contributed by atoms with Gasteiger partial charge in [-0.1, -0.05) is 66.7 Å². The van der Waals surface area contributed by atoms with Gasteiger partial charge in [0.1, 0.15) is 0 Å². The first-order valence-electron chi connectivity index (χ1n) is 8.63. The molecule has 0 radical (unpaired) electrons. The summed E-state index contributed by atoms with van der Waals surface area (Å²) in [6.45, 7) is 1.34. The summed E-state index contributed by atoms with van der Waals surface area (Å²) < 4.78 is 7.22. The predicted octanol–water partition coefficient (Wildman–Crippen LogP) is 4.56. The molecule has 4 nitrogen and oxygen atoms in total. The van der Waals surface area contributed by atoms with E-state index in [1.54, 1.807) is 10.6 Å². The van der Waals surface area contributed by atoms with Crippen LogP contribution >= 0.6 is 0 Å². The molecule has 4 rings (SSSR count). The van der Waals surface area contributed by atoms with Gasteiger partial charge in [0.15, 0.2) is 5.75 Å². The maximum atomic E-state index is 13.3. The number of ether oxygens (including phenoxy) is 1. The molecule has 0 aliphatic heterocycles. The molecule has 0 fully saturated rings. The Kier molecular flexibility index (Phi) is 4.30. The molecule has 2 aromatic carbocycles. The third-order valence-corrected chi connectivity index (χ3v) is 4.37. The van der Waals surface area contributed by atoms with Crippen LogP contribution in [0.4, 0.5) is 0 Å². The second-order valence-electron chi connectivity index (χ2n) is 6.17. The van der Waals surface area contributed by atoms with Gasteiger partial charge in [0.05, 0.1) is 11.1 Å². The Labute approximate surface area is 156 Å². The maximum Gasteiger partial charge on any atom is 0.308 e. The van der Waals surface area contributed by atoms with Crippen LogP contribution in [0, 0.1) is 0 Å². The second kappa shape index (κ2) is 6.92. The molecule has 0 saturated carbocycles. The van der Waals surface area contributed by atoms with Gasteiger partial charge in [-0.3, -0.25) is 14.0 Å². The van der Waals surface area contributed by atoms with E-state index in [2.05, 4.69) is 0 Å². The molecule has 2 heterocycles. The molecule has 4 aromatic rings. The van der Waals surface area contributed by atoms with Crippen LogP contribution in [0.1, 0.15) is 6.92 Å². The van der Waals surface area contributed by atoms with Crippen molar-refractivity contribution in [2.45, 2.75) is 6.92 Å². The molecule has 132 valence electrons. The summed E-state index contributed by atoms with van der Waals surface area (Å²) in [4.78, 5) is 25.2. The minimum atomic E-state index is -0.468. The van der Waals surface area contributed by atoms with Crippen LogP contribution in [0.3, 0.4) is 0 Å². The smallest absolute Gasteiger partial charge is 0.308 e. The fourth-order valence-electron chi connectivity index (χ4n) is 3.27. The van der Waals surface area contributed by atoms with E-state index in [9.17, 15) is 9.59 Å². The highest BCUT2D eigenvalue weighted by Gasteiger charge is 2.22. The van der Waals surface area contributed by atoms with Crippen LogP contribution in [0.25, 0.3) is 27.8 Å². The average molecular weight is 355 g/mol. The van der Waals surface area contributed by atoms with Crippen molar-refractivity contribution < 1.29 is 9.53 Å². The SMILES string of the molecule is CC(=O)Oc1c(-c2ccccc2)c(=O)n2ccccc2c1-c1ccccc1. The van der Waals surface area contributed by atoms with Gasteiger partial charge in [-0.2, -0.15) is 0 Å². The van der Waals surface area contributed by atoms with Crippen LogP contribution in [0.2, 0.25) is 0 Å². The number of rotatable bonds is 3. The van der Waals surface area contributed by atoms with E-state index in [0.29, 0.717) is 22.2 Å². The molecule has 0 aliphatic carbocycles. The van der Waals surface area contributed by atoms with Gasteiger partial charge < -0.3 is 4.74 Å². The standard InChI is InChI=1S/C23H17NO3/c1-16(25)27-22-20(17-10-4-2-5-11-17)19-14-8-9-15-24(19)23(26)21(22)18-12-6-3-7-13-18/h2-15H,1H3. The van der Waals surface area contributed by atoms with Gasteiger partial charge in [-0.05, 0) is 23.3 Å². The number of fused-ring (bicyclic) bond motifs is 1. The third-order valence-electron chi connectivity index (χ3n) is 4.37. The molecule has 2 aromatic heterocycles. The number of nitrogens with zero attached hydrogens (tertiary/aromatic N) is 1. The van der Waals surface area contributed by atoms with Gasteiger partial charge in [0.2, 0.25) is 0 Å². The molecule has 0 bridgehead atoms. The zero-order chi connectivity index (χ0) is 18.8. The Morgan fingerprint density at radius 3 is 1.93 bits per heavy atom. The van der Waals surface area contributed by atoms with E-state index < -0.39 is 5.97 Å². The second-order valence-corrected chi connectivity index (χ2v) is 6.17. The van der Waals surface area contributed by atoms with Crippen LogP contribution < -0.4 is 10.3 Å². The van der Waals surface area contributed by atoms with E-state index in [0.717, 1.165) is 5.56 Å². The first-order chi connectivity index (χ1) is 13.2. The highest BCUT2D eigenvalue weighted by Crippen LogP contribution is 2.39. The summed E-state index contributed by atoms with van der Waals surface area (Å²) >= 11 is 0. The van der Waals surface area contributed by atoms with Crippen molar-refractivity contribution in [1.29, 1.82) is 0 Å². The number of pyridine rings is 2. The van der Waals surface area contributed by atoms with E-state index in [1.165, 1.54) is 6.92 Å². The van der Waals surface area contributed by atoms with Crippen molar-refractivity contribution in [3.05, 3.63) is 95.4 Å². The van der Waals surface area contributed by atoms with Crippen molar-refractivity contribution in [3.8, 4) is 28.0 Å². The summed E-state index contributed by atoms with van der Waals surface area (Å²) in [5.41, 5.74) is 3.11. The number of carbonyl (C=O) groups is 1. The Morgan fingerprint density at radius 2 is 1.33 bits per heavy atom. The highest BCUT2D eigenvalue weighted by molar-refractivity contribution is 5.93. The molecule has 0 atom stereocenters. The number of benzene rings is 2. The summed E-state index contributed by atoms with van der Waals surface area (Å²) in [5, 5.41) is 0. The summed E-state index contributed by atoms with van der Waals surface area (Å²) in [6.07, 6.45) is 1.73. The van der Waals surface area contributed by atoms with Crippen molar-refractivity contribution in [2.75, 3.05) is 0 Å². The Hall–Kier alpha value is -3.66. The lowest BCUT2D eigenvalue weighted by atomic mass is 9.97. The Morgan fingerprint density at radius 1 is 0.778 bits per heavy atom. The normalized spacial score (nSPS) is 10.7. The molecule has 27 heavy (non-hydrogen) atoms. The zero-order valence-electron chi connectivity index (χ0n) is 14.8. The van der Waals surface area contributed by atoms with Crippen molar-refractivity contribution >= 4 is 11.5 Å². The summed E-state index contributed by atoms with van der Waals surface area (Å²) in [5.74, 6) is -0.180. The lowest BCUT2D eigenvalue weighted by molar-refractivity contribution is -0.131. The lowest BCUT2D eigenvalue weighted by Gasteiger charge is -2.17. The van der Waals surface area contributed by atoms with Gasteiger partial charge in [-0.15, -0.1) is 0 Å². The van der Waals surface area contributed by atoms with Crippen LogP contribution in [0.5, 0.6) is 5.75 Å². The van der Waals surface area contributed by atoms with E-state index in [4.69, 9.17) is 4.74 Å². The topological polar surface area (TPSA) is 47.8 Å². The molecule has 0 unspecified atom stereocenters. The Balaban J connectivity index is 2.21. The molecule has 4 heteroatoms. The van der Waals surface area contributed by atoms with Crippen molar-refractivity contribution in [1.82, 2.24) is 4.40 Å². The summed E-state index contributed by atoms with van der Waals surface area (Å²) in [7, 11) is 0. The molecule has 0 spiro atoms. The molecular weight excluding hydrogens is 338 g/mol. The zero-order valence-corrected chi connectivity index (χ0v) is 14.8. The quantitative estimate of drug-likeness (QED) is 0.506. The number of carbonyl (C=O) groups excluding carboxylic acids is 1. The van der Waals surface area contributed by atoms with Gasteiger partial charge in [-0.25, -0.2) is 0 Å². The van der Waals surface area contributed by atoms with Gasteiger partial charge in [0.25, 0.3) is 5.56 Å². The first kappa shape index (κ1) is 16.8. The van der Waals surface area contributed by atoms with E-state index >= 15 is 0 Å². The number of hydrogen-bond donors (Lipinski definition) is 0.